The van der Waals surface area contributed by atoms with Crippen molar-refractivity contribution >= 4 is 34.0 Å². The molecule has 11 heteroatoms. The molecule has 35 heavy (non-hydrogen) atoms. The third-order valence-corrected chi connectivity index (χ3v) is 5.52. The number of hydrogen-bond acceptors (Lipinski definition) is 7. The Bertz CT molecular complexity index is 1630. The molecule has 0 fully saturated rings. The van der Waals surface area contributed by atoms with E-state index in [1.54, 1.807) is 37.5 Å². The van der Waals surface area contributed by atoms with Crippen molar-refractivity contribution in [3.8, 4) is 16.9 Å². The Morgan fingerprint density at radius 2 is 1.97 bits per heavy atom. The van der Waals surface area contributed by atoms with Gasteiger partial charge in [-0.25, -0.2) is 28.7 Å². The summed E-state index contributed by atoms with van der Waals surface area (Å²) in [4.78, 5) is 17.0. The van der Waals surface area contributed by atoms with E-state index in [4.69, 9.17) is 20.5 Å². The molecule has 0 spiro atoms. The van der Waals surface area contributed by atoms with Crippen LogP contribution >= 0.6 is 11.6 Å². The van der Waals surface area contributed by atoms with Crippen molar-refractivity contribution < 1.29 is 17.6 Å². The van der Waals surface area contributed by atoms with Crippen molar-refractivity contribution in [1.29, 1.82) is 0 Å². The molecule has 0 saturated heterocycles. The van der Waals surface area contributed by atoms with E-state index in [2.05, 4.69) is 30.4 Å². The molecule has 0 amide bonds. The minimum Gasteiger partial charge on any atom is -0.482 e. The Hall–Kier alpha value is -4.18. The lowest BCUT2D eigenvalue weighted by molar-refractivity contribution is 0.217. The highest BCUT2D eigenvalue weighted by Crippen LogP contribution is 2.38. The molecular formula is C24H18ClF2N7O. The number of nitrogens with one attached hydrogen (secondary N) is 1. The molecule has 1 atom stereocenters. The summed E-state index contributed by atoms with van der Waals surface area (Å²) >= 11 is 5.73. The summed E-state index contributed by atoms with van der Waals surface area (Å²) in [7, 11) is 0. The summed E-state index contributed by atoms with van der Waals surface area (Å²) in [6.07, 6.45) is 6.62. The molecule has 0 saturated carbocycles. The number of benzene rings is 2. The Morgan fingerprint density at radius 3 is 2.74 bits per heavy atom. The number of hydrogen-bond donors (Lipinski definition) is 1. The van der Waals surface area contributed by atoms with Gasteiger partial charge in [0, 0.05) is 46.2 Å². The minimum atomic E-state index is -2.47. The zero-order valence-corrected chi connectivity index (χ0v) is 18.8. The number of ether oxygens (including phenoxy) is 1. The van der Waals surface area contributed by atoms with Gasteiger partial charge in [0.15, 0.2) is 17.7 Å². The van der Waals surface area contributed by atoms with Crippen LogP contribution in [0.4, 0.5) is 20.3 Å². The van der Waals surface area contributed by atoms with E-state index in [0.717, 1.165) is 10.7 Å². The van der Waals surface area contributed by atoms with Crippen molar-refractivity contribution in [3.63, 3.8) is 0 Å². The monoisotopic (exact) mass is 496 g/mol. The molecule has 3 aromatic heterocycles. The molecule has 3 heterocycles. The van der Waals surface area contributed by atoms with Gasteiger partial charge >= 0.3 is 0 Å². The van der Waals surface area contributed by atoms with Crippen molar-refractivity contribution in [2.24, 2.45) is 6.98 Å². The predicted molar refractivity (Wildman–Crippen MR) is 127 cm³/mol. The van der Waals surface area contributed by atoms with E-state index >= 15 is 0 Å². The van der Waals surface area contributed by atoms with Gasteiger partial charge in [0.1, 0.15) is 28.7 Å². The second kappa shape index (κ2) is 9.22. The highest BCUT2D eigenvalue weighted by atomic mass is 35.5. The van der Waals surface area contributed by atoms with Crippen molar-refractivity contribution in [3.05, 3.63) is 83.9 Å². The summed E-state index contributed by atoms with van der Waals surface area (Å²) in [5.41, 5.74) is 1.30. The van der Waals surface area contributed by atoms with Crippen LogP contribution in [0.5, 0.6) is 5.75 Å². The van der Waals surface area contributed by atoms with Gasteiger partial charge in [-0.2, -0.15) is 5.10 Å². The Morgan fingerprint density at radius 1 is 1.14 bits per heavy atom. The molecule has 176 valence electrons. The van der Waals surface area contributed by atoms with Crippen molar-refractivity contribution in [2.75, 3.05) is 5.32 Å². The van der Waals surface area contributed by atoms with Crippen LogP contribution in [0.25, 0.3) is 22.0 Å². The number of nitrogens with zero attached hydrogens (tertiary/aromatic N) is 6. The molecule has 0 aliphatic heterocycles. The van der Waals surface area contributed by atoms with Gasteiger partial charge in [0.25, 0.3) is 0 Å². The molecule has 5 rings (SSSR count). The van der Waals surface area contributed by atoms with E-state index < -0.39 is 29.7 Å². The molecule has 8 nitrogen and oxygen atoms in total. The molecule has 0 aliphatic rings. The average molecular weight is 497 g/mol. The van der Waals surface area contributed by atoms with Gasteiger partial charge in [-0.3, -0.25) is 4.68 Å². The van der Waals surface area contributed by atoms with Crippen LogP contribution in [-0.2, 0) is 6.98 Å². The zero-order valence-electron chi connectivity index (χ0n) is 21.1. The third kappa shape index (κ3) is 4.47. The van der Waals surface area contributed by atoms with Gasteiger partial charge in [-0.15, -0.1) is 0 Å². The predicted octanol–water partition coefficient (Wildman–Crippen LogP) is 5.64. The topological polar surface area (TPSA) is 90.6 Å². The van der Waals surface area contributed by atoms with Gasteiger partial charge in [-0.1, -0.05) is 11.6 Å². The highest BCUT2D eigenvalue weighted by molar-refractivity contribution is 6.31. The van der Waals surface area contributed by atoms with Crippen molar-refractivity contribution in [1.82, 2.24) is 29.7 Å². The molecule has 0 unspecified atom stereocenters. The highest BCUT2D eigenvalue weighted by Gasteiger charge is 2.19. The summed E-state index contributed by atoms with van der Waals surface area (Å²) in [6.45, 7) is -0.716. The van der Waals surface area contributed by atoms with Crippen LogP contribution in [0.1, 0.15) is 23.0 Å². The minimum absolute atomic E-state index is 0.0899. The van der Waals surface area contributed by atoms with Crippen LogP contribution in [0.2, 0.25) is 5.02 Å². The van der Waals surface area contributed by atoms with E-state index in [0.29, 0.717) is 33.6 Å². The molecular weight excluding hydrogens is 476 g/mol. The Kier molecular flexibility index (Phi) is 5.05. The lowest BCUT2D eigenvalue weighted by Gasteiger charge is -2.18. The normalized spacial score (nSPS) is 13.7. The molecule has 0 aliphatic carbocycles. The fourth-order valence-electron chi connectivity index (χ4n) is 3.48. The average Bonchev–Trinajstić information content (AvgIpc) is 3.40. The maximum atomic E-state index is 14.6. The van der Waals surface area contributed by atoms with Gasteiger partial charge in [0.05, 0.1) is 17.4 Å². The number of anilines is 2. The van der Waals surface area contributed by atoms with Crippen LogP contribution in [0, 0.1) is 11.6 Å². The Balaban J connectivity index is 1.63. The van der Waals surface area contributed by atoms with Crippen LogP contribution in [0.3, 0.4) is 0 Å². The lowest BCUT2D eigenvalue weighted by atomic mass is 10.0. The SMILES string of the molecule is [2H]C([2H])([2H])n1cc(-c2cc3ncnc(Nc4ccc(F)c(Cl)c4F)c3cc2O[C@@H](C)c2ncccn2)cn1. The largest absolute Gasteiger partial charge is 0.482 e. The van der Waals surface area contributed by atoms with Crippen LogP contribution in [0.15, 0.2) is 61.4 Å². The number of aromatic nitrogens is 6. The zero-order chi connectivity index (χ0) is 27.0. The lowest BCUT2D eigenvalue weighted by Crippen LogP contribution is -2.08. The number of halogens is 3. The first kappa shape index (κ1) is 19.2. The standard InChI is InChI=1S/C24H18ClF2N7O/c1-13(23-28-6-3-7-29-23)35-20-9-16-19(8-15(20)14-10-32-34(2)11-14)30-12-31-24(16)33-18-5-4-17(26)21(25)22(18)27/h3-13H,1-2H3,(H,30,31,33)/t13-/m0/s1/i2D3. The van der Waals surface area contributed by atoms with Crippen LogP contribution in [-0.4, -0.2) is 29.7 Å². The first-order valence-corrected chi connectivity index (χ1v) is 10.7. The number of aryl methyl sites for hydroxylation is 1. The van der Waals surface area contributed by atoms with E-state index in [1.807, 2.05) is 0 Å². The summed E-state index contributed by atoms with van der Waals surface area (Å²) in [5.74, 6) is -0.925. The number of fused-ring (bicyclic) bond motifs is 1. The molecule has 5 aromatic rings. The first-order valence-electron chi connectivity index (χ1n) is 11.8. The molecule has 0 bridgehead atoms. The number of rotatable bonds is 6. The first-order chi connectivity index (χ1) is 18.1. The fraction of sp³-hybridized carbons (Fsp3) is 0.125. The summed E-state index contributed by atoms with van der Waals surface area (Å²) in [6, 6.07) is 7.21. The third-order valence-electron chi connectivity index (χ3n) is 5.17. The Labute approximate surface area is 207 Å². The van der Waals surface area contributed by atoms with E-state index in [-0.39, 0.29) is 11.5 Å². The smallest absolute Gasteiger partial charge is 0.168 e. The van der Waals surface area contributed by atoms with Gasteiger partial charge in [-0.05, 0) is 37.3 Å². The van der Waals surface area contributed by atoms with E-state index in [1.165, 1.54) is 24.8 Å². The molecule has 1 N–H and O–H groups in total. The maximum Gasteiger partial charge on any atom is 0.168 e. The van der Waals surface area contributed by atoms with Gasteiger partial charge < -0.3 is 10.1 Å². The molecule has 0 radical (unpaired) electrons. The second-order valence-corrected chi connectivity index (χ2v) is 7.85. The summed E-state index contributed by atoms with van der Waals surface area (Å²) in [5, 5.41) is 6.59. The fourth-order valence-corrected chi connectivity index (χ4v) is 3.65. The van der Waals surface area contributed by atoms with E-state index in [9.17, 15) is 8.78 Å². The van der Waals surface area contributed by atoms with Gasteiger partial charge in [0.2, 0.25) is 0 Å². The van der Waals surface area contributed by atoms with Crippen molar-refractivity contribution in [2.45, 2.75) is 13.0 Å². The molecule has 2 aromatic carbocycles. The second-order valence-electron chi connectivity index (χ2n) is 7.48. The maximum absolute atomic E-state index is 14.6. The van der Waals surface area contributed by atoms with Crippen LogP contribution < -0.4 is 10.1 Å². The summed E-state index contributed by atoms with van der Waals surface area (Å²) < 4.78 is 58.2. The quantitative estimate of drug-likeness (QED) is 0.304.